The van der Waals surface area contributed by atoms with E-state index < -0.39 is 0 Å². The first kappa shape index (κ1) is 14.1. The Morgan fingerprint density at radius 3 is 2.95 bits per heavy atom. The van der Waals surface area contributed by atoms with Gasteiger partial charge in [0.15, 0.2) is 16.1 Å². The molecule has 0 aliphatic heterocycles. The second-order valence-electron chi connectivity index (χ2n) is 4.41. The molecule has 3 aromatic heterocycles. The summed E-state index contributed by atoms with van der Waals surface area (Å²) in [6, 6.07) is 9.01. The number of rotatable bonds is 4. The number of furan rings is 1. The van der Waals surface area contributed by atoms with E-state index in [0.29, 0.717) is 22.0 Å². The van der Waals surface area contributed by atoms with Crippen LogP contribution in [0.1, 0.15) is 17.7 Å². The minimum absolute atomic E-state index is 0.138. The Kier molecular flexibility index (Phi) is 3.94. The molecule has 0 aliphatic carbocycles. The molecule has 0 radical (unpaired) electrons. The van der Waals surface area contributed by atoms with E-state index >= 15 is 0 Å². The molecule has 1 atom stereocenters. The lowest BCUT2D eigenvalue weighted by Gasteiger charge is -2.07. The molecule has 0 aromatic carbocycles. The van der Waals surface area contributed by atoms with E-state index in [1.807, 2.05) is 24.4 Å². The summed E-state index contributed by atoms with van der Waals surface area (Å²) in [6.07, 6.45) is 0. The Labute approximate surface area is 133 Å². The van der Waals surface area contributed by atoms with Gasteiger partial charge in [0.2, 0.25) is 11.8 Å². The molecule has 3 heterocycles. The van der Waals surface area contributed by atoms with Crippen LogP contribution in [-0.2, 0) is 4.79 Å². The first-order valence-corrected chi connectivity index (χ1v) is 7.87. The van der Waals surface area contributed by atoms with Crippen LogP contribution in [0.15, 0.2) is 49.3 Å². The summed E-state index contributed by atoms with van der Waals surface area (Å²) in [5.41, 5.74) is 0.528. The largest absolute Gasteiger partial charge is 0.448 e. The van der Waals surface area contributed by atoms with Gasteiger partial charge < -0.3 is 8.94 Å². The Hall–Kier alpha value is -1.86. The molecule has 21 heavy (non-hydrogen) atoms. The van der Waals surface area contributed by atoms with Gasteiger partial charge >= 0.3 is 0 Å². The number of halogens is 1. The predicted octanol–water partition coefficient (Wildman–Crippen LogP) is 4.50. The number of anilines is 1. The zero-order chi connectivity index (χ0) is 14.8. The van der Waals surface area contributed by atoms with Crippen LogP contribution in [0.4, 0.5) is 5.88 Å². The first-order chi connectivity index (χ1) is 10.1. The normalized spacial score (nSPS) is 12.3. The Morgan fingerprint density at radius 2 is 2.29 bits per heavy atom. The lowest BCUT2D eigenvalue weighted by Crippen LogP contribution is -2.17. The maximum Gasteiger partial charge on any atom is 0.234 e. The van der Waals surface area contributed by atoms with E-state index in [1.54, 1.807) is 29.5 Å². The third-order valence-corrected chi connectivity index (χ3v) is 4.43. The Morgan fingerprint density at radius 1 is 1.43 bits per heavy atom. The fourth-order valence-corrected chi connectivity index (χ4v) is 2.89. The number of carbonyl (C=O) groups is 1. The van der Waals surface area contributed by atoms with Gasteiger partial charge in [0.25, 0.3) is 0 Å². The van der Waals surface area contributed by atoms with Gasteiger partial charge in [-0.05, 0) is 46.4 Å². The van der Waals surface area contributed by atoms with Crippen molar-refractivity contribution in [2.75, 3.05) is 5.32 Å². The first-order valence-electron chi connectivity index (χ1n) is 6.20. The second-order valence-corrected chi connectivity index (χ2v) is 6.17. The second kappa shape index (κ2) is 5.87. The van der Waals surface area contributed by atoms with Crippen molar-refractivity contribution in [3.8, 4) is 11.5 Å². The standard InChI is InChI=1S/C14H11BrN2O3S/c1-8(11-3-2-6-21-11)14(18)16-13-7-9(17-20-13)10-4-5-12(15)19-10/h2-8H,1H3,(H,16,18). The zero-order valence-electron chi connectivity index (χ0n) is 11.0. The molecule has 5 nitrogen and oxygen atoms in total. The Bertz CT molecular complexity index is 748. The molecule has 108 valence electrons. The molecule has 3 rings (SSSR count). The smallest absolute Gasteiger partial charge is 0.234 e. The van der Waals surface area contributed by atoms with Crippen LogP contribution in [0.25, 0.3) is 11.5 Å². The van der Waals surface area contributed by atoms with Crippen LogP contribution < -0.4 is 5.32 Å². The van der Waals surface area contributed by atoms with E-state index in [1.165, 1.54) is 0 Å². The predicted molar refractivity (Wildman–Crippen MR) is 83.3 cm³/mol. The van der Waals surface area contributed by atoms with Gasteiger partial charge in [-0.3, -0.25) is 10.1 Å². The molecule has 0 saturated heterocycles. The van der Waals surface area contributed by atoms with Crippen LogP contribution >= 0.6 is 27.3 Å². The molecule has 1 N–H and O–H groups in total. The highest BCUT2D eigenvalue weighted by Crippen LogP contribution is 2.27. The fourth-order valence-electron chi connectivity index (χ4n) is 1.80. The van der Waals surface area contributed by atoms with Gasteiger partial charge in [-0.1, -0.05) is 11.2 Å². The van der Waals surface area contributed by atoms with Gasteiger partial charge in [-0.2, -0.15) is 0 Å². The van der Waals surface area contributed by atoms with E-state index in [0.717, 1.165) is 4.88 Å². The van der Waals surface area contributed by atoms with E-state index in [4.69, 9.17) is 8.94 Å². The summed E-state index contributed by atoms with van der Waals surface area (Å²) < 4.78 is 11.1. The van der Waals surface area contributed by atoms with Gasteiger partial charge in [-0.25, -0.2) is 0 Å². The average molecular weight is 367 g/mol. The zero-order valence-corrected chi connectivity index (χ0v) is 13.4. The summed E-state index contributed by atoms with van der Waals surface area (Å²) in [7, 11) is 0. The number of thiophene rings is 1. The topological polar surface area (TPSA) is 68.3 Å². The van der Waals surface area contributed by atoms with Crippen molar-refractivity contribution in [1.82, 2.24) is 5.16 Å². The molecule has 7 heteroatoms. The van der Waals surface area contributed by atoms with Crippen molar-refractivity contribution in [3.63, 3.8) is 0 Å². The molecule has 0 saturated carbocycles. The number of hydrogen-bond donors (Lipinski definition) is 1. The molecule has 0 aliphatic rings. The van der Waals surface area contributed by atoms with Crippen LogP contribution in [-0.4, -0.2) is 11.1 Å². The molecule has 0 bridgehead atoms. The van der Waals surface area contributed by atoms with Crippen molar-refractivity contribution >= 4 is 39.1 Å². The summed E-state index contributed by atoms with van der Waals surface area (Å²) in [5.74, 6) is 0.487. The molecule has 0 fully saturated rings. The monoisotopic (exact) mass is 366 g/mol. The third kappa shape index (κ3) is 3.08. The van der Waals surface area contributed by atoms with Crippen molar-refractivity contribution in [2.45, 2.75) is 12.8 Å². The number of nitrogens with zero attached hydrogens (tertiary/aromatic N) is 1. The van der Waals surface area contributed by atoms with Crippen LogP contribution in [0, 0.1) is 0 Å². The third-order valence-electron chi connectivity index (χ3n) is 2.95. The Balaban J connectivity index is 1.71. The molecule has 1 amide bonds. The molecule has 1 unspecified atom stereocenters. The molecule has 3 aromatic rings. The summed E-state index contributed by atoms with van der Waals surface area (Å²) >= 11 is 4.77. The number of amides is 1. The minimum atomic E-state index is -0.240. The van der Waals surface area contributed by atoms with Crippen molar-refractivity contribution in [2.24, 2.45) is 0 Å². The van der Waals surface area contributed by atoms with Gasteiger partial charge in [0.1, 0.15) is 0 Å². The highest BCUT2D eigenvalue weighted by molar-refractivity contribution is 9.10. The van der Waals surface area contributed by atoms with Gasteiger partial charge in [0.05, 0.1) is 5.92 Å². The van der Waals surface area contributed by atoms with E-state index in [9.17, 15) is 4.79 Å². The molecular formula is C14H11BrN2O3S. The quantitative estimate of drug-likeness (QED) is 0.737. The van der Waals surface area contributed by atoms with Crippen molar-refractivity contribution in [3.05, 3.63) is 45.3 Å². The van der Waals surface area contributed by atoms with Gasteiger partial charge in [-0.15, -0.1) is 11.3 Å². The van der Waals surface area contributed by atoms with Crippen LogP contribution in [0.5, 0.6) is 0 Å². The molecule has 0 spiro atoms. The number of hydrogen-bond acceptors (Lipinski definition) is 5. The minimum Gasteiger partial charge on any atom is -0.448 e. The number of nitrogens with one attached hydrogen (secondary N) is 1. The fraction of sp³-hybridized carbons (Fsp3) is 0.143. The lowest BCUT2D eigenvalue weighted by molar-refractivity contribution is -0.117. The van der Waals surface area contributed by atoms with E-state index in [-0.39, 0.29) is 11.8 Å². The summed E-state index contributed by atoms with van der Waals surface area (Å²) in [4.78, 5) is 13.1. The highest BCUT2D eigenvalue weighted by Gasteiger charge is 2.18. The number of carbonyl (C=O) groups excluding carboxylic acids is 1. The van der Waals surface area contributed by atoms with Crippen LogP contribution in [0.3, 0.4) is 0 Å². The SMILES string of the molecule is CC(C(=O)Nc1cc(-c2ccc(Br)o2)no1)c1cccs1. The van der Waals surface area contributed by atoms with Crippen LogP contribution in [0.2, 0.25) is 0 Å². The average Bonchev–Trinajstić information content (AvgIpc) is 3.17. The van der Waals surface area contributed by atoms with Gasteiger partial charge in [0, 0.05) is 10.9 Å². The summed E-state index contributed by atoms with van der Waals surface area (Å²) in [6.45, 7) is 1.85. The van der Waals surface area contributed by atoms with E-state index in [2.05, 4.69) is 26.4 Å². The summed E-state index contributed by atoms with van der Waals surface area (Å²) in [5, 5.41) is 8.53. The molecular weight excluding hydrogens is 356 g/mol. The maximum atomic E-state index is 12.1. The van der Waals surface area contributed by atoms with Crippen molar-refractivity contribution < 1.29 is 13.7 Å². The highest BCUT2D eigenvalue weighted by atomic mass is 79.9. The number of aromatic nitrogens is 1. The lowest BCUT2D eigenvalue weighted by atomic mass is 10.1. The van der Waals surface area contributed by atoms with Crippen molar-refractivity contribution in [1.29, 1.82) is 0 Å². The maximum absolute atomic E-state index is 12.1.